The van der Waals surface area contributed by atoms with E-state index in [1.807, 2.05) is 36.4 Å². The van der Waals surface area contributed by atoms with Gasteiger partial charge in [0.15, 0.2) is 0 Å². The Morgan fingerprint density at radius 1 is 0.495 bits per heavy atom. The molecule has 15 atom stereocenters. The lowest BCUT2D eigenvalue weighted by molar-refractivity contribution is -0.214. The number of benzene rings is 4. The Bertz CT molecular complexity index is 3280. The van der Waals surface area contributed by atoms with Gasteiger partial charge in [-0.15, -0.1) is 30.4 Å². The topological polar surface area (TPSA) is 352 Å². The first-order chi connectivity index (χ1) is 42.0. The van der Waals surface area contributed by atoms with Gasteiger partial charge in [0.25, 0.3) is 11.8 Å². The van der Waals surface area contributed by atoms with Gasteiger partial charge in [-0.2, -0.15) is 0 Å². The van der Waals surface area contributed by atoms with Crippen LogP contribution >= 0.6 is 55.8 Å². The molecule has 0 radical (unpaired) electrons. The summed E-state index contributed by atoms with van der Waals surface area (Å²) in [6.07, 6.45) is -11.7. The van der Waals surface area contributed by atoms with E-state index in [-0.39, 0.29) is 48.6 Å². The Morgan fingerprint density at radius 3 is 1.08 bits per heavy atom. The van der Waals surface area contributed by atoms with Crippen molar-refractivity contribution in [2.24, 2.45) is 0 Å². The summed E-state index contributed by atoms with van der Waals surface area (Å²) in [5.74, 6) is 13.3. The van der Waals surface area contributed by atoms with Crippen LogP contribution in [0, 0.1) is 36.0 Å². The van der Waals surface area contributed by atoms with Crippen molar-refractivity contribution < 1.29 is 95.3 Å². The summed E-state index contributed by atoms with van der Waals surface area (Å²) >= 11 is 7.26. The monoisotopic (exact) mass is 1500 g/mol. The molecule has 5 aliphatic heterocycles. The number of rotatable bonds is 5. The molecule has 2 spiro atoms. The molecule has 24 heteroatoms. The number of fused-ring (bicyclic) bond motifs is 10. The van der Waals surface area contributed by atoms with Crippen molar-refractivity contribution in [1.29, 1.82) is 0 Å². The number of nitrogens with zero attached hydrogens (tertiary/aromatic N) is 2. The highest BCUT2D eigenvalue weighted by Crippen LogP contribution is 2.56. The molecule has 7 aliphatic rings. The molecule has 21 nitrogen and oxygen atoms in total. The number of carbonyl (C=O) groups excluding carboxylic acids is 2. The highest BCUT2D eigenvalue weighted by Gasteiger charge is 2.50. The van der Waals surface area contributed by atoms with Crippen molar-refractivity contribution >= 4 is 67.7 Å². The number of aliphatic hydroxyl groups is 14. The van der Waals surface area contributed by atoms with Crippen molar-refractivity contribution in [3.63, 3.8) is 0 Å². The van der Waals surface area contributed by atoms with E-state index >= 15 is 0 Å². The molecule has 2 amide bonds. The molecule has 5 saturated heterocycles. The molecule has 5 fully saturated rings. The van der Waals surface area contributed by atoms with Gasteiger partial charge in [-0.25, -0.2) is 0 Å². The second-order valence-corrected chi connectivity index (χ2v) is 26.6. The number of amides is 2. The minimum Gasteiger partial charge on any atom is -0.394 e. The molecule has 0 aromatic heterocycles. The highest BCUT2D eigenvalue weighted by atomic mass is 127. The molecule has 0 saturated carbocycles. The highest BCUT2D eigenvalue weighted by molar-refractivity contribution is 14.0. The summed E-state index contributed by atoms with van der Waals surface area (Å²) in [7, 11) is 0. The molecule has 5 heterocycles. The molecule has 4 aromatic rings. The molecule has 14 N–H and O–H groups in total. The third kappa shape index (κ3) is 14.7. The van der Waals surface area contributed by atoms with Crippen LogP contribution in [0.5, 0.6) is 0 Å². The maximum atomic E-state index is 13.0. The lowest BCUT2D eigenvalue weighted by Crippen LogP contribution is -2.58. The summed E-state index contributed by atoms with van der Waals surface area (Å²) < 4.78 is 18.2. The minimum absolute atomic E-state index is 0. The Morgan fingerprint density at radius 2 is 0.780 bits per heavy atom. The molecule has 0 bridgehead atoms. The summed E-state index contributed by atoms with van der Waals surface area (Å²) in [4.78, 5) is 28.9. The van der Waals surface area contributed by atoms with Crippen LogP contribution in [0.1, 0.15) is 94.2 Å². The van der Waals surface area contributed by atoms with E-state index in [0.29, 0.717) is 50.1 Å². The van der Waals surface area contributed by atoms with Crippen LogP contribution in [0.3, 0.4) is 0 Å². The number of terminal acetylenes is 1. The first kappa shape index (κ1) is 73.9. The quantitative estimate of drug-likeness (QED) is 0.0990. The Labute approximate surface area is 562 Å². The van der Waals surface area contributed by atoms with Gasteiger partial charge in [0.1, 0.15) is 103 Å². The molecule has 494 valence electrons. The van der Waals surface area contributed by atoms with Gasteiger partial charge in [-0.3, -0.25) is 9.59 Å². The van der Waals surface area contributed by atoms with Crippen LogP contribution in [0.25, 0.3) is 22.3 Å². The molecular weight excluding hydrogens is 1420 g/mol. The van der Waals surface area contributed by atoms with Gasteiger partial charge >= 0.3 is 0 Å². The summed E-state index contributed by atoms with van der Waals surface area (Å²) in [5, 5.41) is 138. The van der Waals surface area contributed by atoms with E-state index < -0.39 is 128 Å². The number of halogens is 3. The third-order valence-corrected chi connectivity index (χ3v) is 19.0. The number of carbonyl (C=O) groups is 2. The van der Waals surface area contributed by atoms with Crippen LogP contribution in [-0.4, -0.2) is 242 Å². The van der Waals surface area contributed by atoms with Crippen LogP contribution in [0.15, 0.2) is 81.7 Å². The predicted molar refractivity (Wildman–Crippen MR) is 351 cm³/mol. The first-order valence-electron chi connectivity index (χ1n) is 29.4. The van der Waals surface area contributed by atoms with Crippen molar-refractivity contribution in [2.75, 3.05) is 46.0 Å². The maximum Gasteiger partial charge on any atom is 0.253 e. The minimum atomic E-state index is -1.55. The Kier molecular flexibility index (Phi) is 24.1. The average molecular weight is 1510 g/mol. The van der Waals surface area contributed by atoms with E-state index in [0.717, 1.165) is 44.0 Å². The van der Waals surface area contributed by atoms with E-state index in [1.54, 1.807) is 23.6 Å². The molecule has 91 heavy (non-hydrogen) atoms. The van der Waals surface area contributed by atoms with Gasteiger partial charge in [-0.1, -0.05) is 93.2 Å². The fraction of sp³-hybridized carbons (Fsp3) is 0.522. The summed E-state index contributed by atoms with van der Waals surface area (Å²) in [6, 6.07) is 24.4. The van der Waals surface area contributed by atoms with Gasteiger partial charge in [0.2, 0.25) is 0 Å². The van der Waals surface area contributed by atoms with Gasteiger partial charge in [0.05, 0.1) is 19.8 Å². The lowest BCUT2D eigenvalue weighted by Gasteiger charge is -2.42. The number of piperidine rings is 2. The average Bonchev–Trinajstić information content (AvgIpc) is 1.58. The van der Waals surface area contributed by atoms with E-state index in [2.05, 4.69) is 97.9 Å². The van der Waals surface area contributed by atoms with Crippen LogP contribution in [-0.2, 0) is 34.6 Å². The molecule has 4 aromatic carbocycles. The van der Waals surface area contributed by atoms with Gasteiger partial charge < -0.3 is 95.5 Å². The van der Waals surface area contributed by atoms with Crippen LogP contribution in [0.2, 0.25) is 0 Å². The van der Waals surface area contributed by atoms with Crippen molar-refractivity contribution in [3.8, 4) is 58.3 Å². The molecule has 2 aliphatic carbocycles. The summed E-state index contributed by atoms with van der Waals surface area (Å²) in [5.41, 5.74) is 6.77. The van der Waals surface area contributed by atoms with Crippen molar-refractivity contribution in [2.45, 2.75) is 174 Å². The van der Waals surface area contributed by atoms with Crippen LogP contribution < -0.4 is 0 Å². The van der Waals surface area contributed by atoms with Crippen LogP contribution in [0.4, 0.5) is 0 Å². The number of hydrogen-bond acceptors (Lipinski definition) is 19. The zero-order valence-corrected chi connectivity index (χ0v) is 55.3. The van der Waals surface area contributed by atoms with Gasteiger partial charge in [0, 0.05) is 57.1 Å². The number of aliphatic hydroxyl groups excluding tert-OH is 12. The third-order valence-electron chi connectivity index (χ3n) is 18.1. The second kappa shape index (κ2) is 29.7. The standard InChI is InChI=1S/C37H43NO12.C21H21Br2NO2.C8H12O5.CH4.HI/c1-36(2,48)35(47)38-13-11-37(12-14-38)23-15-19(5-9-25-29(41)33(45)31(43)27(17-39)49-25)3-7-21(23)22-8-4-20(16-24(22)37)6-10-26-30(42)34(46)32(44)28(18-40)50-26;1-20(2,26)19(25)24-9-7-21(8-10-24)17-11-13(22)3-5-15(17)16-6-4-14(23)12-18(16)21;1-2-4-6(10)8(12)7(11)5(3-9)13-4;;/h3-4,7-8,15-16,25-34,39-46,48H,11-14,17-18H2,1-2H3;3-6,11-12,26H,7-10H2,1-2H3;1,4-12H,3H2;1H4;1H/t25-,26-,27-,28-,29-,30-,31-,32-,33-,34-;;4-,5-,6-,7-,8-;;/m1.1../s1. The van der Waals surface area contributed by atoms with E-state index in [1.165, 1.54) is 36.1 Å². The fourth-order valence-corrected chi connectivity index (χ4v) is 13.8. The lowest BCUT2D eigenvalue weighted by atomic mass is 9.70. The smallest absolute Gasteiger partial charge is 0.253 e. The van der Waals surface area contributed by atoms with Crippen molar-refractivity contribution in [1.82, 2.24) is 9.80 Å². The Hall–Kier alpha value is -4.49. The van der Waals surface area contributed by atoms with Crippen molar-refractivity contribution in [3.05, 3.63) is 115 Å². The first-order valence-corrected chi connectivity index (χ1v) is 31.0. The molecule has 11 rings (SSSR count). The summed E-state index contributed by atoms with van der Waals surface area (Å²) in [6.45, 7) is 6.50. The fourth-order valence-electron chi connectivity index (χ4n) is 13.1. The number of hydrogen-bond donors (Lipinski definition) is 14. The predicted octanol–water partition coefficient (Wildman–Crippen LogP) is 1.32. The van der Waals surface area contributed by atoms with E-state index in [9.17, 15) is 76.0 Å². The SMILES string of the molecule is C.C#C[C@H]1O[C@H](CO)[C@@H](O)[C@H](O)[C@@H]1O.CC(C)(O)C(=O)N1CCC2(CC1)c1cc(Br)ccc1-c1ccc(Br)cc12.CC(C)(O)C(=O)N1CCC2(CC1)c1cc(C#C[C@H]3O[C@H](CO)[C@@H](O)[C@H](O)[C@@H]3O)ccc1-c1ccc(C#C[C@H]3O[C@H](CO)[C@@H](O)[C@H](O)[C@@H]3O)cc12.I. The number of ether oxygens (including phenoxy) is 3. The Balaban J connectivity index is 0.000000237. The molecular formula is C67H81Br2IN2O19. The largest absolute Gasteiger partial charge is 0.394 e. The zero-order chi connectivity index (χ0) is 64.8. The molecule has 0 unspecified atom stereocenters. The number of likely N-dealkylation sites (tertiary alicyclic amines) is 2. The maximum absolute atomic E-state index is 13.0. The normalized spacial score (nSPS) is 29.8. The second-order valence-electron chi connectivity index (χ2n) is 24.7. The van der Waals surface area contributed by atoms with E-state index in [4.69, 9.17) is 25.7 Å². The zero-order valence-electron chi connectivity index (χ0n) is 49.8. The van der Waals surface area contributed by atoms with Gasteiger partial charge in [-0.05, 0) is 146 Å².